The van der Waals surface area contributed by atoms with E-state index in [9.17, 15) is 9.59 Å². The van der Waals surface area contributed by atoms with Crippen molar-refractivity contribution in [1.82, 2.24) is 5.32 Å². The number of benzene rings is 2. The first-order valence-electron chi connectivity index (χ1n) is 9.24. The van der Waals surface area contributed by atoms with Crippen LogP contribution in [0.3, 0.4) is 0 Å². The largest absolute Gasteiger partial charge is 0.352 e. The molecule has 0 saturated heterocycles. The second-order valence-electron chi connectivity index (χ2n) is 7.03. The number of rotatable bonds is 7. The lowest BCUT2D eigenvalue weighted by molar-refractivity contribution is -0.117. The monoisotopic (exact) mass is 517 g/mol. The van der Waals surface area contributed by atoms with Crippen molar-refractivity contribution in [1.29, 1.82) is 5.26 Å². The smallest absolute Gasteiger partial charge is 0.252 e. The van der Waals surface area contributed by atoms with Crippen molar-refractivity contribution in [2.45, 2.75) is 23.1 Å². The SMILES string of the molecule is N#CCCCNC(=O)c1cc(NC(=O)[C@H]2[C@H](c3cc(Cl)cc(Cl)c3)C2(Cl)Cl)ccc1Cl. The highest BCUT2D eigenvalue weighted by Crippen LogP contribution is 2.65. The number of nitrogens with one attached hydrogen (secondary N) is 2. The lowest BCUT2D eigenvalue weighted by Gasteiger charge is -2.10. The van der Waals surface area contributed by atoms with E-state index in [0.717, 1.165) is 0 Å². The van der Waals surface area contributed by atoms with E-state index < -0.39 is 28.0 Å². The van der Waals surface area contributed by atoms with E-state index in [2.05, 4.69) is 10.6 Å². The summed E-state index contributed by atoms with van der Waals surface area (Å²) in [6, 6.07) is 11.5. The molecule has 31 heavy (non-hydrogen) atoms. The number of carbonyl (C=O) groups excluding carboxylic acids is 2. The van der Waals surface area contributed by atoms with Crippen LogP contribution >= 0.6 is 58.0 Å². The van der Waals surface area contributed by atoms with Gasteiger partial charge in [-0.05, 0) is 48.4 Å². The maximum absolute atomic E-state index is 12.8. The molecule has 10 heteroatoms. The summed E-state index contributed by atoms with van der Waals surface area (Å²) in [6.45, 7) is 0.340. The maximum atomic E-state index is 12.8. The molecule has 0 heterocycles. The van der Waals surface area contributed by atoms with Crippen molar-refractivity contribution >= 4 is 75.5 Å². The molecular weight excluding hydrogens is 504 g/mol. The second-order valence-corrected chi connectivity index (χ2v) is 9.76. The molecule has 1 aliphatic rings. The zero-order valence-corrected chi connectivity index (χ0v) is 19.7. The molecule has 2 aromatic carbocycles. The Morgan fingerprint density at radius 3 is 2.39 bits per heavy atom. The predicted molar refractivity (Wildman–Crippen MR) is 124 cm³/mol. The predicted octanol–water partition coefficient (Wildman–Crippen LogP) is 6.21. The van der Waals surface area contributed by atoms with Crippen LogP contribution in [0.1, 0.15) is 34.7 Å². The fraction of sp³-hybridized carbons (Fsp3) is 0.286. The maximum Gasteiger partial charge on any atom is 0.252 e. The van der Waals surface area contributed by atoms with Gasteiger partial charge in [-0.3, -0.25) is 9.59 Å². The molecule has 0 unspecified atom stereocenters. The van der Waals surface area contributed by atoms with Crippen LogP contribution in [0.15, 0.2) is 36.4 Å². The van der Waals surface area contributed by atoms with Crippen LogP contribution in [0.4, 0.5) is 5.69 Å². The summed E-state index contributed by atoms with van der Waals surface area (Å²) in [7, 11) is 0. The Bertz CT molecular complexity index is 1050. The summed E-state index contributed by atoms with van der Waals surface area (Å²) in [5.41, 5.74) is 1.24. The van der Waals surface area contributed by atoms with Gasteiger partial charge in [0.1, 0.15) is 4.33 Å². The number of hydrogen-bond donors (Lipinski definition) is 2. The topological polar surface area (TPSA) is 82.0 Å². The summed E-state index contributed by atoms with van der Waals surface area (Å²) in [4.78, 5) is 25.2. The minimum Gasteiger partial charge on any atom is -0.352 e. The second kappa shape index (κ2) is 9.85. The van der Waals surface area contributed by atoms with Gasteiger partial charge < -0.3 is 10.6 Å². The van der Waals surface area contributed by atoms with Crippen LogP contribution in [0.2, 0.25) is 15.1 Å². The molecule has 0 spiro atoms. The van der Waals surface area contributed by atoms with Gasteiger partial charge in [-0.15, -0.1) is 23.2 Å². The average Bonchev–Trinajstić information content (AvgIpc) is 3.28. The van der Waals surface area contributed by atoms with E-state index >= 15 is 0 Å². The molecule has 1 aliphatic carbocycles. The molecule has 0 radical (unpaired) electrons. The molecule has 1 fully saturated rings. The number of carbonyl (C=O) groups is 2. The van der Waals surface area contributed by atoms with Gasteiger partial charge in [-0.25, -0.2) is 0 Å². The van der Waals surface area contributed by atoms with Gasteiger partial charge in [0.2, 0.25) is 5.91 Å². The lowest BCUT2D eigenvalue weighted by Crippen LogP contribution is -2.25. The highest BCUT2D eigenvalue weighted by atomic mass is 35.5. The van der Waals surface area contributed by atoms with Gasteiger partial charge in [0.25, 0.3) is 5.91 Å². The first-order chi connectivity index (χ1) is 14.6. The summed E-state index contributed by atoms with van der Waals surface area (Å²) in [5.74, 6) is -2.03. The molecule has 1 saturated carbocycles. The number of nitriles is 1. The van der Waals surface area contributed by atoms with Gasteiger partial charge in [-0.2, -0.15) is 5.26 Å². The van der Waals surface area contributed by atoms with E-state index in [-0.39, 0.29) is 10.6 Å². The van der Waals surface area contributed by atoms with Crippen LogP contribution < -0.4 is 10.6 Å². The molecule has 2 N–H and O–H groups in total. The van der Waals surface area contributed by atoms with Crippen LogP contribution in [0.5, 0.6) is 0 Å². The van der Waals surface area contributed by atoms with Crippen LogP contribution in [0.25, 0.3) is 0 Å². The number of halogens is 5. The van der Waals surface area contributed by atoms with Gasteiger partial charge in [0.15, 0.2) is 0 Å². The number of anilines is 1. The number of nitrogens with zero attached hydrogens (tertiary/aromatic N) is 1. The molecule has 2 amide bonds. The minimum atomic E-state index is -1.31. The van der Waals surface area contributed by atoms with Gasteiger partial charge in [0.05, 0.1) is 22.6 Å². The lowest BCUT2D eigenvalue weighted by atomic mass is 10.1. The van der Waals surface area contributed by atoms with E-state index in [4.69, 9.17) is 63.3 Å². The molecule has 0 aromatic heterocycles. The van der Waals surface area contributed by atoms with Crippen molar-refractivity contribution in [2.24, 2.45) is 5.92 Å². The third-order valence-electron chi connectivity index (χ3n) is 4.81. The van der Waals surface area contributed by atoms with Crippen LogP contribution in [0, 0.1) is 17.2 Å². The van der Waals surface area contributed by atoms with E-state index in [1.54, 1.807) is 24.3 Å². The number of unbranched alkanes of at least 4 members (excludes halogenated alkanes) is 1. The van der Waals surface area contributed by atoms with Crippen molar-refractivity contribution in [3.63, 3.8) is 0 Å². The standard InChI is InChI=1S/C21H16Cl5N3O2/c22-12-7-11(8-13(23)9-12)17-18(21(17,25)26)20(31)29-14-3-4-16(24)15(10-14)19(30)28-6-2-1-5-27/h3-4,7-10,17-18H,1-2,6H2,(H,28,30)(H,29,31)/t17-,18+/m0/s1. The van der Waals surface area contributed by atoms with Crippen LogP contribution in [-0.4, -0.2) is 22.7 Å². The van der Waals surface area contributed by atoms with Crippen molar-refractivity contribution < 1.29 is 9.59 Å². The van der Waals surface area contributed by atoms with Crippen LogP contribution in [-0.2, 0) is 4.79 Å². The molecule has 0 aliphatic heterocycles. The third-order valence-corrected chi connectivity index (χ3v) is 6.52. The van der Waals surface area contributed by atoms with Gasteiger partial charge >= 0.3 is 0 Å². The van der Waals surface area contributed by atoms with Gasteiger partial charge in [-0.1, -0.05) is 34.8 Å². The van der Waals surface area contributed by atoms with Crippen molar-refractivity contribution in [2.75, 3.05) is 11.9 Å². The van der Waals surface area contributed by atoms with E-state index in [1.165, 1.54) is 12.1 Å². The number of hydrogen-bond acceptors (Lipinski definition) is 3. The fourth-order valence-electron chi connectivity index (χ4n) is 3.28. The first-order valence-corrected chi connectivity index (χ1v) is 11.1. The fourth-order valence-corrected chi connectivity index (χ4v) is 4.86. The molecular formula is C21H16Cl5N3O2. The van der Waals surface area contributed by atoms with E-state index in [0.29, 0.717) is 40.7 Å². The minimum absolute atomic E-state index is 0.202. The summed E-state index contributed by atoms with van der Waals surface area (Å²) >= 11 is 31.0. The Kier molecular flexibility index (Phi) is 7.62. The Morgan fingerprint density at radius 1 is 1.06 bits per heavy atom. The Labute approximate surface area is 204 Å². The van der Waals surface area contributed by atoms with Gasteiger partial charge in [0, 0.05) is 34.6 Å². The zero-order valence-electron chi connectivity index (χ0n) is 15.9. The van der Waals surface area contributed by atoms with E-state index in [1.807, 2.05) is 6.07 Å². The Balaban J connectivity index is 1.72. The normalized spacial score (nSPS) is 18.7. The highest BCUT2D eigenvalue weighted by Gasteiger charge is 2.67. The average molecular weight is 520 g/mol. The Morgan fingerprint density at radius 2 is 1.74 bits per heavy atom. The number of amides is 2. The zero-order chi connectivity index (χ0) is 22.8. The summed E-state index contributed by atoms with van der Waals surface area (Å²) in [5, 5.41) is 15.1. The molecule has 162 valence electrons. The molecule has 5 nitrogen and oxygen atoms in total. The van der Waals surface area contributed by atoms with Crippen molar-refractivity contribution in [3.8, 4) is 6.07 Å². The molecule has 3 rings (SSSR count). The first kappa shape index (κ1) is 24.0. The summed E-state index contributed by atoms with van der Waals surface area (Å²) in [6.07, 6.45) is 0.865. The quantitative estimate of drug-likeness (QED) is 0.337. The highest BCUT2D eigenvalue weighted by molar-refractivity contribution is 6.53. The Hall–Kier alpha value is -1.68. The number of alkyl halides is 2. The van der Waals surface area contributed by atoms with Crippen molar-refractivity contribution in [3.05, 3.63) is 62.6 Å². The molecule has 0 bridgehead atoms. The summed E-state index contributed by atoms with van der Waals surface area (Å²) < 4.78 is -1.31. The third kappa shape index (κ3) is 5.58. The molecule has 2 aromatic rings. The molecule has 2 atom stereocenters.